The summed E-state index contributed by atoms with van der Waals surface area (Å²) in [4.78, 5) is 28.1. The van der Waals surface area contributed by atoms with Crippen LogP contribution in [0.3, 0.4) is 0 Å². The van der Waals surface area contributed by atoms with E-state index in [2.05, 4.69) is 42.5 Å². The van der Waals surface area contributed by atoms with E-state index >= 15 is 0 Å². The lowest BCUT2D eigenvalue weighted by atomic mass is 10.1. The predicted molar refractivity (Wildman–Crippen MR) is 144 cm³/mol. The SMILES string of the molecule is COc1ccc(C(=O)NC(=S)Nc2c(Br)cc(Br)cc2-c2nc3ccccc3s2)cc1[N+](=O)[O-]. The first-order valence-electron chi connectivity index (χ1n) is 9.56. The second-order valence-electron chi connectivity index (χ2n) is 6.85. The van der Waals surface area contributed by atoms with Crippen LogP contribution in [0.15, 0.2) is 63.5 Å². The molecule has 4 rings (SSSR count). The number of hydrogen-bond donors (Lipinski definition) is 2. The van der Waals surface area contributed by atoms with E-state index in [1.54, 1.807) is 0 Å². The van der Waals surface area contributed by atoms with Crippen LogP contribution in [0, 0.1) is 10.1 Å². The molecule has 0 saturated carbocycles. The van der Waals surface area contributed by atoms with Crippen molar-refractivity contribution in [1.82, 2.24) is 10.3 Å². The molecule has 1 amide bonds. The fraction of sp³-hybridized carbons (Fsp3) is 0.0455. The highest BCUT2D eigenvalue weighted by Gasteiger charge is 2.20. The first-order chi connectivity index (χ1) is 16.3. The van der Waals surface area contributed by atoms with Crippen LogP contribution >= 0.6 is 55.4 Å². The molecule has 1 heterocycles. The minimum Gasteiger partial charge on any atom is -0.490 e. The topological polar surface area (TPSA) is 106 Å². The standard InChI is InChI=1S/C22H14Br2N4O4S2/c1-32-17-7-6-11(8-16(17)28(30)31)20(29)27-22(33)26-19-13(9-12(23)10-14(19)24)21-25-15-4-2-3-5-18(15)34-21/h2-10H,1H3,(H2,26,27,29,33). The zero-order valence-corrected chi connectivity index (χ0v) is 22.1. The number of benzene rings is 3. The number of halogens is 2. The zero-order chi connectivity index (χ0) is 24.4. The van der Waals surface area contributed by atoms with Gasteiger partial charge in [-0.1, -0.05) is 28.1 Å². The Balaban J connectivity index is 1.61. The number of nitrogens with one attached hydrogen (secondary N) is 2. The van der Waals surface area contributed by atoms with E-state index in [1.807, 2.05) is 36.4 Å². The Morgan fingerprint density at radius 1 is 1.18 bits per heavy atom. The van der Waals surface area contributed by atoms with Gasteiger partial charge in [-0.05, 0) is 64.5 Å². The van der Waals surface area contributed by atoms with Crippen molar-refractivity contribution in [2.45, 2.75) is 0 Å². The molecule has 0 fully saturated rings. The third-order valence-corrected chi connectivity index (χ3v) is 7.04. The van der Waals surface area contributed by atoms with E-state index in [0.29, 0.717) is 10.2 Å². The lowest BCUT2D eigenvalue weighted by Gasteiger charge is -2.15. The number of ether oxygens (including phenoxy) is 1. The molecular formula is C22H14Br2N4O4S2. The molecule has 12 heteroatoms. The van der Waals surface area contributed by atoms with Crippen molar-refractivity contribution < 1.29 is 14.5 Å². The maximum atomic E-state index is 12.7. The predicted octanol–water partition coefficient (Wildman–Crippen LogP) is 6.53. The average Bonchev–Trinajstić information content (AvgIpc) is 3.24. The molecule has 0 aliphatic heterocycles. The van der Waals surface area contributed by atoms with Crippen LogP contribution in [0.4, 0.5) is 11.4 Å². The van der Waals surface area contributed by atoms with E-state index < -0.39 is 10.8 Å². The van der Waals surface area contributed by atoms with Crippen molar-refractivity contribution in [3.63, 3.8) is 0 Å². The molecule has 0 spiro atoms. The van der Waals surface area contributed by atoms with Crippen molar-refractivity contribution in [2.24, 2.45) is 0 Å². The van der Waals surface area contributed by atoms with E-state index in [-0.39, 0.29) is 22.1 Å². The Labute approximate surface area is 219 Å². The van der Waals surface area contributed by atoms with Gasteiger partial charge in [0.1, 0.15) is 5.01 Å². The number of thiazole rings is 1. The Morgan fingerprint density at radius 3 is 2.65 bits per heavy atom. The van der Waals surface area contributed by atoms with Crippen LogP contribution in [0.1, 0.15) is 10.4 Å². The molecule has 0 bridgehead atoms. The summed E-state index contributed by atoms with van der Waals surface area (Å²) >= 11 is 13.9. The first kappa shape index (κ1) is 24.2. The molecule has 2 N–H and O–H groups in total. The third-order valence-electron chi connectivity index (χ3n) is 4.68. The minimum atomic E-state index is -0.616. The number of carbonyl (C=O) groups excluding carboxylic acids is 1. The van der Waals surface area contributed by atoms with E-state index in [4.69, 9.17) is 21.9 Å². The van der Waals surface area contributed by atoms with Crippen molar-refractivity contribution in [2.75, 3.05) is 12.4 Å². The van der Waals surface area contributed by atoms with Crippen molar-refractivity contribution >= 4 is 88.0 Å². The number of nitro groups is 1. The molecule has 0 atom stereocenters. The van der Waals surface area contributed by atoms with Crippen LogP contribution in [0.25, 0.3) is 20.8 Å². The van der Waals surface area contributed by atoms with Gasteiger partial charge in [-0.2, -0.15) is 0 Å². The number of amides is 1. The smallest absolute Gasteiger partial charge is 0.311 e. The number of hydrogen-bond acceptors (Lipinski definition) is 7. The van der Waals surface area contributed by atoms with Crippen molar-refractivity contribution in [3.05, 3.63) is 79.2 Å². The Hall–Kier alpha value is -2.93. The number of rotatable bonds is 5. The van der Waals surface area contributed by atoms with E-state index in [9.17, 15) is 14.9 Å². The van der Waals surface area contributed by atoms with Crippen LogP contribution in [-0.4, -0.2) is 28.0 Å². The quantitative estimate of drug-likeness (QED) is 0.148. The number of para-hydroxylation sites is 1. The highest BCUT2D eigenvalue weighted by Crippen LogP contribution is 2.40. The number of nitrogens with zero attached hydrogens (tertiary/aromatic N) is 2. The van der Waals surface area contributed by atoms with Gasteiger partial charge in [-0.15, -0.1) is 11.3 Å². The lowest BCUT2D eigenvalue weighted by molar-refractivity contribution is -0.385. The maximum Gasteiger partial charge on any atom is 0.311 e. The summed E-state index contributed by atoms with van der Waals surface area (Å²) in [5.74, 6) is -0.542. The largest absolute Gasteiger partial charge is 0.490 e. The molecule has 0 saturated heterocycles. The van der Waals surface area contributed by atoms with Crippen LogP contribution in [0.2, 0.25) is 0 Å². The van der Waals surface area contributed by atoms with Gasteiger partial charge in [-0.25, -0.2) is 4.98 Å². The molecule has 8 nitrogen and oxygen atoms in total. The normalized spacial score (nSPS) is 10.7. The number of carbonyl (C=O) groups is 1. The summed E-state index contributed by atoms with van der Waals surface area (Å²) in [5, 5.41) is 17.7. The fourth-order valence-electron chi connectivity index (χ4n) is 3.15. The summed E-state index contributed by atoms with van der Waals surface area (Å²) in [6.07, 6.45) is 0. The van der Waals surface area contributed by atoms with E-state index in [0.717, 1.165) is 31.3 Å². The molecule has 4 aromatic rings. The zero-order valence-electron chi connectivity index (χ0n) is 17.3. The second-order valence-corrected chi connectivity index (χ2v) is 10.1. The highest BCUT2D eigenvalue weighted by atomic mass is 79.9. The number of fused-ring (bicyclic) bond motifs is 1. The lowest BCUT2D eigenvalue weighted by Crippen LogP contribution is -2.34. The fourth-order valence-corrected chi connectivity index (χ4v) is 5.66. The molecule has 172 valence electrons. The third kappa shape index (κ3) is 5.09. The summed E-state index contributed by atoms with van der Waals surface area (Å²) in [7, 11) is 1.32. The highest BCUT2D eigenvalue weighted by molar-refractivity contribution is 9.11. The van der Waals surface area contributed by atoms with Gasteiger partial charge < -0.3 is 10.1 Å². The molecule has 0 aliphatic rings. The summed E-state index contributed by atoms with van der Waals surface area (Å²) in [6.45, 7) is 0. The molecule has 3 aromatic carbocycles. The number of anilines is 1. The Bertz CT molecular complexity index is 1430. The molecule has 0 unspecified atom stereocenters. The van der Waals surface area contributed by atoms with Gasteiger partial charge >= 0.3 is 5.69 Å². The van der Waals surface area contributed by atoms with Gasteiger partial charge in [0.2, 0.25) is 0 Å². The van der Waals surface area contributed by atoms with Gasteiger partial charge in [0, 0.05) is 26.1 Å². The first-order valence-corrected chi connectivity index (χ1v) is 12.4. The average molecular weight is 622 g/mol. The van der Waals surface area contributed by atoms with Gasteiger partial charge in [0.15, 0.2) is 10.9 Å². The molecular weight excluding hydrogens is 608 g/mol. The van der Waals surface area contributed by atoms with Crippen molar-refractivity contribution in [3.8, 4) is 16.3 Å². The van der Waals surface area contributed by atoms with Crippen LogP contribution < -0.4 is 15.4 Å². The van der Waals surface area contributed by atoms with Gasteiger partial charge in [0.05, 0.1) is 27.9 Å². The minimum absolute atomic E-state index is 0.0221. The molecule has 1 aromatic heterocycles. The molecule has 0 radical (unpaired) electrons. The van der Waals surface area contributed by atoms with Gasteiger partial charge in [0.25, 0.3) is 5.91 Å². The summed E-state index contributed by atoms with van der Waals surface area (Å²) in [5.41, 5.74) is 2.02. The molecule has 34 heavy (non-hydrogen) atoms. The maximum absolute atomic E-state index is 12.7. The number of nitro benzene ring substituents is 1. The number of aromatic nitrogens is 1. The monoisotopic (exact) mass is 620 g/mol. The summed E-state index contributed by atoms with van der Waals surface area (Å²) < 4.78 is 7.55. The number of methoxy groups -OCH3 is 1. The van der Waals surface area contributed by atoms with Crippen LogP contribution in [0.5, 0.6) is 5.75 Å². The Morgan fingerprint density at radius 2 is 1.94 bits per heavy atom. The summed E-state index contributed by atoms with van der Waals surface area (Å²) in [6, 6.07) is 15.5. The van der Waals surface area contributed by atoms with E-state index in [1.165, 1.54) is 30.6 Å². The molecule has 0 aliphatic carbocycles. The Kier molecular flexibility index (Phi) is 7.22. The number of thiocarbonyl (C=S) groups is 1. The van der Waals surface area contributed by atoms with Gasteiger partial charge in [-0.3, -0.25) is 20.2 Å². The van der Waals surface area contributed by atoms with Crippen molar-refractivity contribution in [1.29, 1.82) is 0 Å². The second kappa shape index (κ2) is 10.1. The van der Waals surface area contributed by atoms with Crippen LogP contribution in [-0.2, 0) is 0 Å².